The predicted octanol–water partition coefficient (Wildman–Crippen LogP) is 2.38. The van der Waals surface area contributed by atoms with Gasteiger partial charge in [0.1, 0.15) is 0 Å². The van der Waals surface area contributed by atoms with Crippen molar-refractivity contribution >= 4 is 5.96 Å². The highest BCUT2D eigenvalue weighted by Crippen LogP contribution is 2.07. The minimum atomic E-state index is 0.698. The fourth-order valence-corrected chi connectivity index (χ4v) is 2.15. The van der Waals surface area contributed by atoms with Crippen LogP contribution >= 0.6 is 0 Å². The molecule has 0 aromatic carbocycles. The molecular formula is C14H29N3O. The summed E-state index contributed by atoms with van der Waals surface area (Å²) in [5.41, 5.74) is 5.95. The fraction of sp³-hybridized carbons (Fsp3) is 0.929. The molecule has 2 N–H and O–H groups in total. The van der Waals surface area contributed by atoms with Crippen LogP contribution in [0.15, 0.2) is 4.99 Å². The minimum absolute atomic E-state index is 0.698. The van der Waals surface area contributed by atoms with Crippen LogP contribution in [-0.4, -0.2) is 43.7 Å². The van der Waals surface area contributed by atoms with Gasteiger partial charge in [0.2, 0.25) is 0 Å². The number of ether oxygens (including phenoxy) is 1. The molecule has 1 aliphatic heterocycles. The van der Waals surface area contributed by atoms with Crippen LogP contribution in [0.3, 0.4) is 0 Å². The smallest absolute Gasteiger partial charge is 0.191 e. The second-order valence-corrected chi connectivity index (χ2v) is 4.96. The molecule has 0 aromatic rings. The Balaban J connectivity index is 1.98. The quantitative estimate of drug-likeness (QED) is 0.411. The summed E-state index contributed by atoms with van der Waals surface area (Å²) in [5, 5.41) is 0. The zero-order valence-electron chi connectivity index (χ0n) is 11.9. The standard InChI is InChI=1S/C14H29N3O/c1-2-3-4-5-6-7-8-9-16-14(15)17-10-12-18-13-11-17/h2-13H2,1H3,(H2,15,16). The van der Waals surface area contributed by atoms with Crippen molar-refractivity contribution in [3.05, 3.63) is 0 Å². The van der Waals surface area contributed by atoms with Crippen molar-refractivity contribution in [3.63, 3.8) is 0 Å². The van der Waals surface area contributed by atoms with Gasteiger partial charge in [0, 0.05) is 19.6 Å². The van der Waals surface area contributed by atoms with Gasteiger partial charge in [0.25, 0.3) is 0 Å². The number of hydrogen-bond acceptors (Lipinski definition) is 2. The summed E-state index contributed by atoms with van der Waals surface area (Å²) in [7, 11) is 0. The Bertz CT molecular complexity index is 225. The maximum absolute atomic E-state index is 5.95. The molecule has 106 valence electrons. The van der Waals surface area contributed by atoms with Crippen LogP contribution < -0.4 is 5.73 Å². The summed E-state index contributed by atoms with van der Waals surface area (Å²) in [6.07, 6.45) is 9.24. The summed E-state index contributed by atoms with van der Waals surface area (Å²) >= 11 is 0. The van der Waals surface area contributed by atoms with Gasteiger partial charge in [-0.25, -0.2) is 0 Å². The van der Waals surface area contributed by atoms with E-state index in [0.29, 0.717) is 5.96 Å². The lowest BCUT2D eigenvalue weighted by Crippen LogP contribution is -2.44. The number of nitrogens with zero attached hydrogens (tertiary/aromatic N) is 2. The first-order valence-corrected chi connectivity index (χ1v) is 7.47. The molecule has 4 heteroatoms. The molecule has 1 rings (SSSR count). The third-order valence-corrected chi connectivity index (χ3v) is 3.37. The number of morpholine rings is 1. The Kier molecular flexibility index (Phi) is 8.65. The van der Waals surface area contributed by atoms with E-state index in [1.54, 1.807) is 0 Å². The highest BCUT2D eigenvalue weighted by Gasteiger charge is 2.11. The van der Waals surface area contributed by atoms with Crippen LogP contribution in [0.2, 0.25) is 0 Å². The molecule has 0 aliphatic carbocycles. The Morgan fingerprint density at radius 3 is 2.33 bits per heavy atom. The maximum atomic E-state index is 5.95. The van der Waals surface area contributed by atoms with E-state index in [9.17, 15) is 0 Å². The van der Waals surface area contributed by atoms with Crippen LogP contribution in [0.4, 0.5) is 0 Å². The first-order valence-electron chi connectivity index (χ1n) is 7.47. The van der Waals surface area contributed by atoms with Crippen molar-refractivity contribution in [2.24, 2.45) is 10.7 Å². The van der Waals surface area contributed by atoms with E-state index in [1.165, 1.54) is 38.5 Å². The molecule has 0 aromatic heterocycles. The number of guanidine groups is 1. The van der Waals surface area contributed by atoms with Gasteiger partial charge in [-0.3, -0.25) is 4.99 Å². The highest BCUT2D eigenvalue weighted by atomic mass is 16.5. The highest BCUT2D eigenvalue weighted by molar-refractivity contribution is 5.78. The average molecular weight is 255 g/mol. The molecule has 0 bridgehead atoms. The molecule has 1 saturated heterocycles. The summed E-state index contributed by atoms with van der Waals surface area (Å²) in [6, 6.07) is 0. The summed E-state index contributed by atoms with van der Waals surface area (Å²) in [4.78, 5) is 6.56. The second kappa shape index (κ2) is 10.2. The van der Waals surface area contributed by atoms with Crippen molar-refractivity contribution in [1.82, 2.24) is 4.90 Å². The lowest BCUT2D eigenvalue weighted by atomic mass is 10.1. The van der Waals surface area contributed by atoms with E-state index >= 15 is 0 Å². The molecule has 0 unspecified atom stereocenters. The Morgan fingerprint density at radius 1 is 1.06 bits per heavy atom. The van der Waals surface area contributed by atoms with Crippen LogP contribution in [0.1, 0.15) is 51.9 Å². The summed E-state index contributed by atoms with van der Waals surface area (Å²) in [6.45, 7) is 6.43. The van der Waals surface area contributed by atoms with E-state index in [2.05, 4.69) is 16.8 Å². The Labute approximate surface area is 112 Å². The van der Waals surface area contributed by atoms with Gasteiger partial charge in [-0.05, 0) is 6.42 Å². The molecular weight excluding hydrogens is 226 g/mol. The van der Waals surface area contributed by atoms with E-state index in [-0.39, 0.29) is 0 Å². The molecule has 4 nitrogen and oxygen atoms in total. The normalized spacial score (nSPS) is 17.2. The largest absolute Gasteiger partial charge is 0.378 e. The average Bonchev–Trinajstić information content (AvgIpc) is 2.42. The van der Waals surface area contributed by atoms with Crippen molar-refractivity contribution < 1.29 is 4.74 Å². The molecule has 1 fully saturated rings. The third-order valence-electron chi connectivity index (χ3n) is 3.37. The molecule has 18 heavy (non-hydrogen) atoms. The second-order valence-electron chi connectivity index (χ2n) is 4.96. The van der Waals surface area contributed by atoms with Crippen LogP contribution in [-0.2, 0) is 4.74 Å². The lowest BCUT2D eigenvalue weighted by Gasteiger charge is -2.27. The van der Waals surface area contributed by atoms with Gasteiger partial charge in [0.05, 0.1) is 13.2 Å². The first-order chi connectivity index (χ1) is 8.84. The topological polar surface area (TPSA) is 50.8 Å². The molecule has 1 aliphatic rings. The minimum Gasteiger partial charge on any atom is -0.378 e. The summed E-state index contributed by atoms with van der Waals surface area (Å²) in [5.74, 6) is 0.698. The van der Waals surface area contributed by atoms with E-state index in [0.717, 1.165) is 39.3 Å². The van der Waals surface area contributed by atoms with E-state index < -0.39 is 0 Å². The first kappa shape index (κ1) is 15.3. The zero-order chi connectivity index (χ0) is 13.1. The monoisotopic (exact) mass is 255 g/mol. The van der Waals surface area contributed by atoms with Gasteiger partial charge in [-0.15, -0.1) is 0 Å². The number of nitrogens with two attached hydrogens (primary N) is 1. The van der Waals surface area contributed by atoms with Gasteiger partial charge in [-0.1, -0.05) is 45.4 Å². The molecule has 0 amide bonds. The van der Waals surface area contributed by atoms with Gasteiger partial charge >= 0.3 is 0 Å². The fourth-order valence-electron chi connectivity index (χ4n) is 2.15. The van der Waals surface area contributed by atoms with Gasteiger partial charge in [-0.2, -0.15) is 0 Å². The number of rotatable bonds is 8. The van der Waals surface area contributed by atoms with Crippen LogP contribution in [0.5, 0.6) is 0 Å². The van der Waals surface area contributed by atoms with Crippen molar-refractivity contribution in [1.29, 1.82) is 0 Å². The van der Waals surface area contributed by atoms with E-state index in [1.807, 2.05) is 0 Å². The van der Waals surface area contributed by atoms with Crippen molar-refractivity contribution in [3.8, 4) is 0 Å². The third kappa shape index (κ3) is 6.84. The molecule has 0 atom stereocenters. The van der Waals surface area contributed by atoms with Crippen LogP contribution in [0.25, 0.3) is 0 Å². The molecule has 0 radical (unpaired) electrons. The lowest BCUT2D eigenvalue weighted by molar-refractivity contribution is 0.0674. The number of aliphatic imine (C=N–C) groups is 1. The van der Waals surface area contributed by atoms with Gasteiger partial charge < -0.3 is 15.4 Å². The number of unbranched alkanes of at least 4 members (excludes halogenated alkanes) is 6. The van der Waals surface area contributed by atoms with E-state index in [4.69, 9.17) is 10.5 Å². The number of hydrogen-bond donors (Lipinski definition) is 1. The zero-order valence-corrected chi connectivity index (χ0v) is 11.9. The summed E-state index contributed by atoms with van der Waals surface area (Å²) < 4.78 is 5.29. The predicted molar refractivity (Wildman–Crippen MR) is 76.9 cm³/mol. The van der Waals surface area contributed by atoms with Gasteiger partial charge in [0.15, 0.2) is 5.96 Å². The van der Waals surface area contributed by atoms with Crippen molar-refractivity contribution in [2.75, 3.05) is 32.8 Å². The maximum Gasteiger partial charge on any atom is 0.191 e. The SMILES string of the molecule is CCCCCCCCCN=C(N)N1CCOCC1. The van der Waals surface area contributed by atoms with Crippen LogP contribution in [0, 0.1) is 0 Å². The Hall–Kier alpha value is -0.770. The molecule has 1 heterocycles. The Morgan fingerprint density at radius 2 is 1.67 bits per heavy atom. The molecule has 0 saturated carbocycles. The van der Waals surface area contributed by atoms with Crippen molar-refractivity contribution in [2.45, 2.75) is 51.9 Å². The molecule has 0 spiro atoms.